The number of phenols is 1. The van der Waals surface area contributed by atoms with E-state index in [0.717, 1.165) is 12.0 Å². The van der Waals surface area contributed by atoms with E-state index in [1.54, 1.807) is 6.07 Å². The lowest BCUT2D eigenvalue weighted by molar-refractivity contribution is 0.0626. The van der Waals surface area contributed by atoms with Crippen LogP contribution in [0.5, 0.6) is 5.75 Å². The number of amides is 1. The molecule has 0 saturated heterocycles. The summed E-state index contributed by atoms with van der Waals surface area (Å²) in [4.78, 5) is 14.3. The number of hydrogen-bond donors (Lipinski definition) is 1. The highest BCUT2D eigenvalue weighted by molar-refractivity contribution is 5.97. The van der Waals surface area contributed by atoms with Crippen molar-refractivity contribution < 1.29 is 9.90 Å². The molecular formula is C16H23NO2. The van der Waals surface area contributed by atoms with Gasteiger partial charge in [-0.1, -0.05) is 31.9 Å². The molecule has 1 N–H and O–H groups in total. The summed E-state index contributed by atoms with van der Waals surface area (Å²) < 4.78 is 0. The summed E-state index contributed by atoms with van der Waals surface area (Å²) >= 11 is 0. The fourth-order valence-corrected chi connectivity index (χ4v) is 3.04. The van der Waals surface area contributed by atoms with E-state index in [1.807, 2.05) is 31.0 Å². The summed E-state index contributed by atoms with van der Waals surface area (Å²) in [5.74, 6) is 0.581. The average Bonchev–Trinajstić information content (AvgIpc) is 2.41. The van der Waals surface area contributed by atoms with Crippen LogP contribution in [0.3, 0.4) is 0 Å². The van der Waals surface area contributed by atoms with E-state index in [0.29, 0.717) is 17.5 Å². The van der Waals surface area contributed by atoms with Gasteiger partial charge in [-0.25, -0.2) is 0 Å². The number of para-hydroxylation sites is 1. The Bertz CT molecular complexity index is 470. The van der Waals surface area contributed by atoms with Gasteiger partial charge in [-0.3, -0.25) is 4.79 Å². The van der Waals surface area contributed by atoms with Crippen molar-refractivity contribution in [2.45, 2.75) is 45.6 Å². The van der Waals surface area contributed by atoms with Crippen LogP contribution in [0.2, 0.25) is 0 Å². The second-order valence-corrected chi connectivity index (χ2v) is 5.72. The first-order chi connectivity index (χ1) is 9.02. The Labute approximate surface area is 115 Å². The number of aryl methyl sites for hydroxylation is 1. The third-order valence-corrected chi connectivity index (χ3v) is 4.35. The summed E-state index contributed by atoms with van der Waals surface area (Å²) in [5, 5.41) is 10.0. The molecule has 0 spiro atoms. The van der Waals surface area contributed by atoms with Gasteiger partial charge in [0.2, 0.25) is 0 Å². The highest BCUT2D eigenvalue weighted by Gasteiger charge is 2.29. The zero-order valence-corrected chi connectivity index (χ0v) is 12.0. The molecule has 0 bridgehead atoms. The topological polar surface area (TPSA) is 40.5 Å². The molecule has 0 heterocycles. The molecule has 1 saturated carbocycles. The molecule has 2 atom stereocenters. The number of rotatable bonds is 2. The summed E-state index contributed by atoms with van der Waals surface area (Å²) in [6, 6.07) is 5.63. The SMILES string of the molecule is Cc1cccc(C(=O)N(C)C2CCCCC2C)c1O. The van der Waals surface area contributed by atoms with E-state index in [4.69, 9.17) is 0 Å². The van der Waals surface area contributed by atoms with Crippen molar-refractivity contribution in [3.8, 4) is 5.75 Å². The standard InChI is InChI=1S/C16H23NO2/c1-11-7-4-5-10-14(11)17(3)16(19)13-9-6-8-12(2)15(13)18/h6,8-9,11,14,18H,4-5,7,10H2,1-3H3. The number of carbonyl (C=O) groups excluding carboxylic acids is 1. The van der Waals surface area contributed by atoms with Crippen LogP contribution in [0.1, 0.15) is 48.5 Å². The predicted octanol–water partition coefficient (Wildman–Crippen LogP) is 3.35. The molecule has 19 heavy (non-hydrogen) atoms. The number of nitrogens with zero attached hydrogens (tertiary/aromatic N) is 1. The van der Waals surface area contributed by atoms with Crippen LogP contribution < -0.4 is 0 Å². The third kappa shape index (κ3) is 2.75. The average molecular weight is 261 g/mol. The van der Waals surface area contributed by atoms with E-state index in [-0.39, 0.29) is 11.7 Å². The number of carbonyl (C=O) groups is 1. The molecule has 2 unspecified atom stereocenters. The minimum Gasteiger partial charge on any atom is -0.507 e. The summed E-state index contributed by atoms with van der Waals surface area (Å²) in [6.07, 6.45) is 4.69. The molecule has 1 fully saturated rings. The molecule has 0 radical (unpaired) electrons. The van der Waals surface area contributed by atoms with E-state index < -0.39 is 0 Å². The first kappa shape index (κ1) is 13.9. The van der Waals surface area contributed by atoms with Gasteiger partial charge < -0.3 is 10.0 Å². The Hall–Kier alpha value is -1.51. The maximum absolute atomic E-state index is 12.5. The van der Waals surface area contributed by atoms with Gasteiger partial charge in [0.25, 0.3) is 5.91 Å². The molecule has 1 aromatic carbocycles. The molecule has 104 valence electrons. The van der Waals surface area contributed by atoms with E-state index in [1.165, 1.54) is 19.3 Å². The number of hydrogen-bond acceptors (Lipinski definition) is 2. The molecule has 1 aliphatic carbocycles. The highest BCUT2D eigenvalue weighted by atomic mass is 16.3. The first-order valence-electron chi connectivity index (χ1n) is 7.08. The quantitative estimate of drug-likeness (QED) is 0.887. The summed E-state index contributed by atoms with van der Waals surface area (Å²) in [5.41, 5.74) is 1.16. The van der Waals surface area contributed by atoms with Crippen molar-refractivity contribution in [1.82, 2.24) is 4.90 Å². The van der Waals surface area contributed by atoms with E-state index in [2.05, 4.69) is 6.92 Å². The molecular weight excluding hydrogens is 238 g/mol. The lowest BCUT2D eigenvalue weighted by atomic mass is 9.85. The third-order valence-electron chi connectivity index (χ3n) is 4.35. The second kappa shape index (κ2) is 5.64. The minimum atomic E-state index is -0.0695. The van der Waals surface area contributed by atoms with Gasteiger partial charge in [0, 0.05) is 13.1 Å². The second-order valence-electron chi connectivity index (χ2n) is 5.72. The normalized spacial score (nSPS) is 23.1. The van der Waals surface area contributed by atoms with Gasteiger partial charge in [-0.05, 0) is 37.3 Å². The van der Waals surface area contributed by atoms with Crippen molar-refractivity contribution in [2.24, 2.45) is 5.92 Å². The Morgan fingerprint density at radius 1 is 1.32 bits per heavy atom. The monoisotopic (exact) mass is 261 g/mol. The van der Waals surface area contributed by atoms with Gasteiger partial charge in [0.05, 0.1) is 5.56 Å². The van der Waals surface area contributed by atoms with Crippen molar-refractivity contribution in [1.29, 1.82) is 0 Å². The van der Waals surface area contributed by atoms with Gasteiger partial charge in [0.15, 0.2) is 0 Å². The Kier molecular flexibility index (Phi) is 4.13. The smallest absolute Gasteiger partial charge is 0.257 e. The van der Waals surface area contributed by atoms with Gasteiger partial charge in [0.1, 0.15) is 5.75 Å². The van der Waals surface area contributed by atoms with Crippen molar-refractivity contribution in [3.05, 3.63) is 29.3 Å². The largest absolute Gasteiger partial charge is 0.507 e. The molecule has 0 aliphatic heterocycles. The fraction of sp³-hybridized carbons (Fsp3) is 0.562. The first-order valence-corrected chi connectivity index (χ1v) is 7.08. The Balaban J connectivity index is 2.21. The Morgan fingerprint density at radius 2 is 2.00 bits per heavy atom. The molecule has 1 aliphatic rings. The molecule has 1 amide bonds. The van der Waals surface area contributed by atoms with Crippen molar-refractivity contribution in [2.75, 3.05) is 7.05 Å². The number of benzene rings is 1. The van der Waals surface area contributed by atoms with Gasteiger partial charge in [-0.2, -0.15) is 0 Å². The van der Waals surface area contributed by atoms with Gasteiger partial charge in [-0.15, -0.1) is 0 Å². The zero-order chi connectivity index (χ0) is 14.0. The zero-order valence-electron chi connectivity index (χ0n) is 12.0. The minimum absolute atomic E-state index is 0.0695. The molecule has 1 aromatic rings. The van der Waals surface area contributed by atoms with Crippen LogP contribution in [0.15, 0.2) is 18.2 Å². The molecule has 3 heteroatoms. The van der Waals surface area contributed by atoms with Crippen LogP contribution in [0, 0.1) is 12.8 Å². The summed E-state index contributed by atoms with van der Waals surface area (Å²) in [7, 11) is 1.86. The van der Waals surface area contributed by atoms with Crippen LogP contribution in [-0.4, -0.2) is 29.0 Å². The maximum Gasteiger partial charge on any atom is 0.257 e. The maximum atomic E-state index is 12.5. The number of aromatic hydroxyl groups is 1. The number of phenolic OH excluding ortho intramolecular Hbond substituents is 1. The molecule has 0 aromatic heterocycles. The van der Waals surface area contributed by atoms with Crippen LogP contribution in [0.25, 0.3) is 0 Å². The van der Waals surface area contributed by atoms with Crippen molar-refractivity contribution >= 4 is 5.91 Å². The molecule has 3 nitrogen and oxygen atoms in total. The van der Waals surface area contributed by atoms with Crippen LogP contribution in [-0.2, 0) is 0 Å². The van der Waals surface area contributed by atoms with E-state index in [9.17, 15) is 9.90 Å². The fourth-order valence-electron chi connectivity index (χ4n) is 3.04. The predicted molar refractivity (Wildman–Crippen MR) is 76.4 cm³/mol. The lowest BCUT2D eigenvalue weighted by Gasteiger charge is -2.36. The van der Waals surface area contributed by atoms with Gasteiger partial charge >= 0.3 is 0 Å². The van der Waals surface area contributed by atoms with Crippen LogP contribution in [0.4, 0.5) is 0 Å². The Morgan fingerprint density at radius 3 is 2.68 bits per heavy atom. The van der Waals surface area contributed by atoms with Crippen molar-refractivity contribution in [3.63, 3.8) is 0 Å². The lowest BCUT2D eigenvalue weighted by Crippen LogP contribution is -2.42. The molecule has 2 rings (SSSR count). The highest BCUT2D eigenvalue weighted by Crippen LogP contribution is 2.30. The van der Waals surface area contributed by atoms with Crippen LogP contribution >= 0.6 is 0 Å². The van der Waals surface area contributed by atoms with E-state index >= 15 is 0 Å². The summed E-state index contributed by atoms with van der Waals surface area (Å²) in [6.45, 7) is 4.03.